The Morgan fingerprint density at radius 3 is 3.10 bits per heavy atom. The van der Waals surface area contributed by atoms with Gasteiger partial charge in [-0.1, -0.05) is 0 Å². The number of nitrogens with one attached hydrogen (secondary N) is 1. The molecule has 7 heteroatoms. The van der Waals surface area contributed by atoms with Crippen LogP contribution >= 0.6 is 0 Å². The number of nitrogens with zero attached hydrogens (tertiary/aromatic N) is 4. The Labute approximate surface area is 125 Å². The number of rotatable bonds is 6. The van der Waals surface area contributed by atoms with Crippen LogP contribution in [0.3, 0.4) is 0 Å². The third-order valence-electron chi connectivity index (χ3n) is 3.62. The van der Waals surface area contributed by atoms with Crippen LogP contribution in [-0.4, -0.2) is 72.6 Å². The van der Waals surface area contributed by atoms with E-state index in [9.17, 15) is 4.79 Å². The van der Waals surface area contributed by atoms with Crippen molar-refractivity contribution in [3.05, 3.63) is 12.4 Å². The van der Waals surface area contributed by atoms with Crippen LogP contribution in [0.4, 0.5) is 10.5 Å². The largest absolute Gasteiger partial charge is 0.383 e. The average Bonchev–Trinajstić information content (AvgIpc) is 3.05. The molecule has 1 atom stereocenters. The number of ether oxygens (including phenoxy) is 1. The molecule has 0 aromatic carbocycles. The van der Waals surface area contributed by atoms with Crippen molar-refractivity contribution in [3.63, 3.8) is 0 Å². The number of aromatic nitrogens is 2. The molecule has 0 unspecified atom stereocenters. The van der Waals surface area contributed by atoms with Gasteiger partial charge in [-0.15, -0.1) is 0 Å². The van der Waals surface area contributed by atoms with Gasteiger partial charge in [-0.25, -0.2) is 4.79 Å². The molecule has 0 bridgehead atoms. The van der Waals surface area contributed by atoms with Crippen LogP contribution in [0.5, 0.6) is 0 Å². The van der Waals surface area contributed by atoms with E-state index in [1.54, 1.807) is 18.0 Å². The van der Waals surface area contributed by atoms with Gasteiger partial charge in [0.15, 0.2) is 0 Å². The molecule has 1 aliphatic heterocycles. The summed E-state index contributed by atoms with van der Waals surface area (Å²) in [6.07, 6.45) is 5.64. The quantitative estimate of drug-likeness (QED) is 0.853. The molecular weight excluding hydrogens is 270 g/mol. The van der Waals surface area contributed by atoms with E-state index in [0.717, 1.165) is 31.6 Å². The summed E-state index contributed by atoms with van der Waals surface area (Å²) in [7, 11) is 5.73. The summed E-state index contributed by atoms with van der Waals surface area (Å²) in [4.78, 5) is 16.4. The predicted octanol–water partition coefficient (Wildman–Crippen LogP) is 1.09. The van der Waals surface area contributed by atoms with Crippen LogP contribution in [0.1, 0.15) is 12.8 Å². The van der Waals surface area contributed by atoms with E-state index in [1.807, 2.05) is 25.2 Å². The zero-order valence-electron chi connectivity index (χ0n) is 13.1. The second kappa shape index (κ2) is 7.42. The van der Waals surface area contributed by atoms with Gasteiger partial charge in [0.2, 0.25) is 0 Å². The molecule has 0 saturated carbocycles. The Morgan fingerprint density at radius 2 is 2.38 bits per heavy atom. The molecule has 1 saturated heterocycles. The van der Waals surface area contributed by atoms with E-state index in [-0.39, 0.29) is 6.03 Å². The molecule has 0 aliphatic carbocycles. The zero-order chi connectivity index (χ0) is 15.2. The summed E-state index contributed by atoms with van der Waals surface area (Å²) in [6, 6.07) is 0.258. The van der Waals surface area contributed by atoms with Gasteiger partial charge in [0, 0.05) is 32.4 Å². The number of hydrogen-bond acceptors (Lipinski definition) is 4. The zero-order valence-corrected chi connectivity index (χ0v) is 13.1. The van der Waals surface area contributed by atoms with Crippen LogP contribution in [0, 0.1) is 0 Å². The van der Waals surface area contributed by atoms with Gasteiger partial charge in [0.05, 0.1) is 25.0 Å². The molecule has 1 fully saturated rings. The van der Waals surface area contributed by atoms with E-state index in [2.05, 4.69) is 15.3 Å². The molecule has 0 spiro atoms. The molecule has 2 heterocycles. The Kier molecular flexibility index (Phi) is 5.58. The van der Waals surface area contributed by atoms with Crippen LogP contribution < -0.4 is 5.32 Å². The lowest BCUT2D eigenvalue weighted by Gasteiger charge is -2.27. The van der Waals surface area contributed by atoms with Crippen LogP contribution in [-0.2, 0) is 11.3 Å². The lowest BCUT2D eigenvalue weighted by molar-refractivity contribution is 0.183. The Bertz CT molecular complexity index is 460. The number of hydrogen-bond donors (Lipinski definition) is 1. The lowest BCUT2D eigenvalue weighted by atomic mass is 10.2. The first-order chi connectivity index (χ1) is 10.1. The molecule has 0 radical (unpaired) electrons. The van der Waals surface area contributed by atoms with Crippen molar-refractivity contribution >= 4 is 11.7 Å². The van der Waals surface area contributed by atoms with Gasteiger partial charge >= 0.3 is 6.03 Å². The van der Waals surface area contributed by atoms with Gasteiger partial charge in [-0.3, -0.25) is 4.68 Å². The first-order valence-corrected chi connectivity index (χ1v) is 7.34. The second-order valence-electron chi connectivity index (χ2n) is 5.67. The fraction of sp³-hybridized carbons (Fsp3) is 0.714. The number of methoxy groups -OCH3 is 1. The van der Waals surface area contributed by atoms with Gasteiger partial charge in [0.1, 0.15) is 0 Å². The fourth-order valence-corrected chi connectivity index (χ4v) is 2.64. The molecule has 2 rings (SSSR count). The second-order valence-corrected chi connectivity index (χ2v) is 5.67. The lowest BCUT2D eigenvalue weighted by Crippen LogP contribution is -2.43. The highest BCUT2D eigenvalue weighted by atomic mass is 16.5. The van der Waals surface area contributed by atoms with Crippen molar-refractivity contribution in [2.75, 3.05) is 46.2 Å². The minimum atomic E-state index is -0.0364. The minimum absolute atomic E-state index is 0.0364. The molecule has 7 nitrogen and oxygen atoms in total. The van der Waals surface area contributed by atoms with E-state index < -0.39 is 0 Å². The van der Waals surface area contributed by atoms with E-state index in [1.165, 1.54) is 0 Å². The van der Waals surface area contributed by atoms with Crippen molar-refractivity contribution in [1.29, 1.82) is 0 Å². The molecule has 21 heavy (non-hydrogen) atoms. The summed E-state index contributed by atoms with van der Waals surface area (Å²) in [5, 5.41) is 7.12. The molecule has 1 N–H and O–H groups in total. The summed E-state index contributed by atoms with van der Waals surface area (Å²) in [5.41, 5.74) is 0.728. The summed E-state index contributed by atoms with van der Waals surface area (Å²) in [6.45, 7) is 3.01. The SMILES string of the molecule is COCCn1cc(NC(=O)N2CCC[C@@H]2CN(C)C)cn1. The first-order valence-electron chi connectivity index (χ1n) is 7.34. The van der Waals surface area contributed by atoms with Crippen molar-refractivity contribution in [2.45, 2.75) is 25.4 Å². The maximum Gasteiger partial charge on any atom is 0.322 e. The van der Waals surface area contributed by atoms with Crippen molar-refractivity contribution in [2.24, 2.45) is 0 Å². The average molecular weight is 295 g/mol. The molecule has 1 aliphatic rings. The fourth-order valence-electron chi connectivity index (χ4n) is 2.64. The van der Waals surface area contributed by atoms with Crippen molar-refractivity contribution in [1.82, 2.24) is 19.6 Å². The molecule has 118 valence electrons. The van der Waals surface area contributed by atoms with Crippen LogP contribution in [0.2, 0.25) is 0 Å². The van der Waals surface area contributed by atoms with Crippen LogP contribution in [0.15, 0.2) is 12.4 Å². The van der Waals surface area contributed by atoms with Crippen LogP contribution in [0.25, 0.3) is 0 Å². The maximum atomic E-state index is 12.4. The van der Waals surface area contributed by atoms with Gasteiger partial charge in [-0.2, -0.15) is 5.10 Å². The Morgan fingerprint density at radius 1 is 1.57 bits per heavy atom. The van der Waals surface area contributed by atoms with Crippen molar-refractivity contribution in [3.8, 4) is 0 Å². The molecule has 1 aromatic rings. The van der Waals surface area contributed by atoms with Gasteiger partial charge in [-0.05, 0) is 26.9 Å². The van der Waals surface area contributed by atoms with Gasteiger partial charge in [0.25, 0.3) is 0 Å². The van der Waals surface area contributed by atoms with E-state index >= 15 is 0 Å². The number of anilines is 1. The first kappa shape index (κ1) is 15.8. The van der Waals surface area contributed by atoms with E-state index in [4.69, 9.17) is 4.74 Å². The number of likely N-dealkylation sites (tertiary alicyclic amines) is 1. The normalized spacial score (nSPS) is 18.5. The number of likely N-dealkylation sites (N-methyl/N-ethyl adjacent to an activating group) is 1. The highest BCUT2D eigenvalue weighted by molar-refractivity contribution is 5.89. The van der Waals surface area contributed by atoms with E-state index in [0.29, 0.717) is 19.2 Å². The number of amides is 2. The monoisotopic (exact) mass is 295 g/mol. The standard InChI is InChI=1S/C14H25N5O2/c1-17(2)11-13-5-4-6-19(13)14(20)16-12-9-15-18(10-12)7-8-21-3/h9-10,13H,4-8,11H2,1-3H3,(H,16,20)/t13-/m1/s1. The molecule has 2 amide bonds. The Balaban J connectivity index is 1.89. The van der Waals surface area contributed by atoms with Gasteiger partial charge < -0.3 is 19.9 Å². The Hall–Kier alpha value is -1.60. The van der Waals surface area contributed by atoms with Crippen molar-refractivity contribution < 1.29 is 9.53 Å². The summed E-state index contributed by atoms with van der Waals surface area (Å²) < 4.78 is 6.77. The minimum Gasteiger partial charge on any atom is -0.383 e. The number of carbonyl (C=O) groups is 1. The third kappa shape index (κ3) is 4.44. The summed E-state index contributed by atoms with van der Waals surface area (Å²) >= 11 is 0. The highest BCUT2D eigenvalue weighted by Gasteiger charge is 2.29. The number of urea groups is 1. The molecule has 1 aromatic heterocycles. The maximum absolute atomic E-state index is 12.4. The number of carbonyl (C=O) groups excluding carboxylic acids is 1. The molecular formula is C14H25N5O2. The summed E-state index contributed by atoms with van der Waals surface area (Å²) in [5.74, 6) is 0. The highest BCUT2D eigenvalue weighted by Crippen LogP contribution is 2.19. The topological polar surface area (TPSA) is 62.6 Å². The smallest absolute Gasteiger partial charge is 0.322 e. The predicted molar refractivity (Wildman–Crippen MR) is 81.4 cm³/mol. The third-order valence-corrected chi connectivity index (χ3v) is 3.62.